The van der Waals surface area contributed by atoms with Gasteiger partial charge in [0.15, 0.2) is 5.41 Å². The monoisotopic (exact) mass is 548 g/mol. The molecule has 0 saturated carbocycles. The third-order valence-electron chi connectivity index (χ3n) is 5.24. The third-order valence-corrected chi connectivity index (χ3v) is 5.24. The third kappa shape index (κ3) is 14.2. The normalized spacial score (nSPS) is 10.6. The molecule has 0 fully saturated rings. The zero-order chi connectivity index (χ0) is 28.7. The molecule has 0 aromatic heterocycles. The molecule has 0 aromatic rings. The lowest BCUT2D eigenvalue weighted by atomic mass is 9.74. The van der Waals surface area contributed by atoms with Gasteiger partial charge in [0.1, 0.15) is 30.2 Å². The number of ketones is 2. The summed E-state index contributed by atoms with van der Waals surface area (Å²) in [4.78, 5) is 69.5. The first-order valence-corrected chi connectivity index (χ1v) is 12.2. The van der Waals surface area contributed by atoms with Gasteiger partial charge in [-0.1, -0.05) is 42.5 Å². The van der Waals surface area contributed by atoms with Gasteiger partial charge in [-0.3, -0.25) is 28.8 Å². The number of ether oxygens (including phenoxy) is 4. The van der Waals surface area contributed by atoms with Crippen LogP contribution in [0.3, 0.4) is 0 Å². The minimum Gasteiger partial charge on any atom is -0.465 e. The van der Waals surface area contributed by atoms with E-state index < -0.39 is 34.7 Å². The van der Waals surface area contributed by atoms with Crippen molar-refractivity contribution in [2.75, 3.05) is 26.4 Å². The van der Waals surface area contributed by atoms with Gasteiger partial charge in [-0.15, -0.1) is 0 Å². The van der Waals surface area contributed by atoms with Crippen molar-refractivity contribution in [1.29, 1.82) is 0 Å². The maximum absolute atomic E-state index is 12.2. The van der Waals surface area contributed by atoms with E-state index in [2.05, 4.69) is 0 Å². The molecule has 0 radical (unpaired) electrons. The summed E-state index contributed by atoms with van der Waals surface area (Å²) in [6.45, 7) is 15.9. The van der Waals surface area contributed by atoms with E-state index in [1.54, 1.807) is 13.8 Å². The van der Waals surface area contributed by atoms with Gasteiger partial charge < -0.3 is 18.9 Å². The van der Waals surface area contributed by atoms with Gasteiger partial charge in [-0.2, -0.15) is 0 Å². The molecule has 0 bridgehead atoms. The summed E-state index contributed by atoms with van der Waals surface area (Å²) in [7, 11) is 0. The number of carbonyl (C=O) groups excluding carboxylic acids is 6. The molecule has 0 unspecified atom stereocenters. The van der Waals surface area contributed by atoms with E-state index in [4.69, 9.17) is 18.9 Å². The molecule has 0 aliphatic rings. The van der Waals surface area contributed by atoms with Crippen LogP contribution in [0.1, 0.15) is 96.9 Å². The van der Waals surface area contributed by atoms with Gasteiger partial charge >= 0.3 is 23.9 Å². The lowest BCUT2D eigenvalue weighted by molar-refractivity contribution is -0.180. The molecule has 0 spiro atoms. The van der Waals surface area contributed by atoms with Crippen LogP contribution in [0.15, 0.2) is 0 Å². The Morgan fingerprint density at radius 1 is 0.553 bits per heavy atom. The van der Waals surface area contributed by atoms with Crippen LogP contribution in [0.2, 0.25) is 0 Å². The van der Waals surface area contributed by atoms with Crippen molar-refractivity contribution in [2.24, 2.45) is 22.7 Å². The zero-order valence-corrected chi connectivity index (χ0v) is 23.5. The average Bonchev–Trinajstić information content (AvgIpc) is 2.73. The molecular weight excluding hydrogens is 496 g/mol. The molecule has 10 nitrogen and oxygen atoms in total. The van der Waals surface area contributed by atoms with Crippen molar-refractivity contribution >= 4 is 35.4 Å². The average molecular weight is 549 g/mol. The van der Waals surface area contributed by atoms with E-state index in [0.717, 1.165) is 0 Å². The van der Waals surface area contributed by atoms with E-state index in [9.17, 15) is 28.8 Å². The van der Waals surface area contributed by atoms with Gasteiger partial charge in [-0.25, -0.2) is 0 Å². The van der Waals surface area contributed by atoms with E-state index in [1.807, 2.05) is 27.7 Å². The summed E-state index contributed by atoms with van der Waals surface area (Å²) in [5.41, 5.74) is -2.76. The van der Waals surface area contributed by atoms with Gasteiger partial charge in [0.2, 0.25) is 0 Å². The van der Waals surface area contributed by atoms with Crippen LogP contribution in [-0.4, -0.2) is 61.9 Å². The first-order valence-electron chi connectivity index (χ1n) is 12.2. The molecule has 0 aliphatic carbocycles. The number of carbonyl (C=O) groups is 6. The molecular formula is C28H52O10. The molecule has 10 heteroatoms. The lowest BCUT2D eigenvalue weighted by Crippen LogP contribution is -2.47. The largest absolute Gasteiger partial charge is 0.465 e. The highest BCUT2D eigenvalue weighted by Gasteiger charge is 2.50. The summed E-state index contributed by atoms with van der Waals surface area (Å²) >= 11 is 0. The zero-order valence-electron chi connectivity index (χ0n) is 23.5. The molecule has 0 rings (SSSR count). The minimum absolute atomic E-state index is 0. The molecule has 0 saturated heterocycles. The Hall–Kier alpha value is -2.78. The minimum atomic E-state index is -1.59. The predicted octanol–water partition coefficient (Wildman–Crippen LogP) is 4.74. The van der Waals surface area contributed by atoms with Crippen LogP contribution in [0, 0.1) is 22.7 Å². The van der Waals surface area contributed by atoms with Crippen molar-refractivity contribution in [3.8, 4) is 0 Å². The Morgan fingerprint density at radius 3 is 1.08 bits per heavy atom. The van der Waals surface area contributed by atoms with E-state index in [-0.39, 0.29) is 71.1 Å². The molecule has 0 N–H and O–H groups in total. The van der Waals surface area contributed by atoms with Crippen LogP contribution in [0.25, 0.3) is 0 Å². The molecule has 0 amide bonds. The lowest BCUT2D eigenvalue weighted by Gasteiger charge is -2.29. The van der Waals surface area contributed by atoms with Crippen LogP contribution in [0.5, 0.6) is 0 Å². The Bertz CT molecular complexity index is 736. The summed E-state index contributed by atoms with van der Waals surface area (Å²) in [6, 6.07) is 0. The first-order chi connectivity index (χ1) is 16.5. The molecule has 0 atom stereocenters. The quantitative estimate of drug-likeness (QED) is 0.170. The number of rotatable bonds is 14. The fraction of sp³-hybridized carbons (Fsp3) is 0.786. The van der Waals surface area contributed by atoms with Crippen LogP contribution >= 0.6 is 0 Å². The van der Waals surface area contributed by atoms with Crippen molar-refractivity contribution in [2.45, 2.75) is 96.9 Å². The fourth-order valence-electron chi connectivity index (χ4n) is 3.61. The van der Waals surface area contributed by atoms with Crippen LogP contribution in [-0.2, 0) is 47.7 Å². The van der Waals surface area contributed by atoms with Crippen LogP contribution < -0.4 is 0 Å². The maximum Gasteiger partial charge on any atom is 0.327 e. The second-order valence-corrected chi connectivity index (χ2v) is 9.47. The van der Waals surface area contributed by atoms with Gasteiger partial charge in [0, 0.05) is 13.8 Å². The maximum atomic E-state index is 12.2. The Labute approximate surface area is 229 Å². The number of Topliss-reactive ketones (excluding diaryl/α,β-unsaturated/α-hetero) is 2. The SMILES string of the molecule is C.C.CC(=O)OCC(CC(C)C)(C(C)=O)C(C)=O.CCOC(=O)C(COC(C)=O)(CC(C)C)C(=O)OCC. The van der Waals surface area contributed by atoms with E-state index >= 15 is 0 Å². The Balaban J connectivity index is -0.000000295. The van der Waals surface area contributed by atoms with Crippen molar-refractivity contribution in [3.63, 3.8) is 0 Å². The van der Waals surface area contributed by atoms with E-state index in [0.29, 0.717) is 6.42 Å². The Morgan fingerprint density at radius 2 is 0.842 bits per heavy atom. The summed E-state index contributed by atoms with van der Waals surface area (Å²) in [5.74, 6) is -2.74. The standard InChI is InChI=1S/C14H24O6.C12H20O4.2CH4/c1-6-18-12(16)14(8-10(3)4,9-20-11(5)15)13(17)19-7-2;1-8(2)6-12(9(3)13,10(4)14)7-16-11(5)15;;/h10H,6-9H2,1-5H3;8H,6-7H2,1-5H3;2*1H4. The summed E-state index contributed by atoms with van der Waals surface area (Å²) < 4.78 is 19.7. The molecule has 0 heterocycles. The summed E-state index contributed by atoms with van der Waals surface area (Å²) in [5, 5.41) is 0. The van der Waals surface area contributed by atoms with Gasteiger partial charge in [-0.05, 0) is 52.4 Å². The predicted molar refractivity (Wildman–Crippen MR) is 145 cm³/mol. The van der Waals surface area contributed by atoms with Crippen molar-refractivity contribution < 1.29 is 47.7 Å². The number of hydrogen-bond donors (Lipinski definition) is 0. The van der Waals surface area contributed by atoms with Crippen LogP contribution in [0.4, 0.5) is 0 Å². The first kappa shape index (κ1) is 42.3. The Kier molecular flexibility index (Phi) is 22.5. The molecule has 0 aromatic carbocycles. The fourth-order valence-corrected chi connectivity index (χ4v) is 3.61. The smallest absolute Gasteiger partial charge is 0.327 e. The number of hydrogen-bond acceptors (Lipinski definition) is 10. The highest BCUT2D eigenvalue weighted by Crippen LogP contribution is 2.31. The van der Waals surface area contributed by atoms with E-state index in [1.165, 1.54) is 27.7 Å². The van der Waals surface area contributed by atoms with Crippen molar-refractivity contribution in [1.82, 2.24) is 0 Å². The number of esters is 4. The summed E-state index contributed by atoms with van der Waals surface area (Å²) in [6.07, 6.45) is 0.600. The van der Waals surface area contributed by atoms with Gasteiger partial charge in [0.25, 0.3) is 0 Å². The molecule has 38 heavy (non-hydrogen) atoms. The second-order valence-electron chi connectivity index (χ2n) is 9.47. The topological polar surface area (TPSA) is 139 Å². The van der Waals surface area contributed by atoms with Crippen molar-refractivity contribution in [3.05, 3.63) is 0 Å². The molecule has 0 aliphatic heterocycles. The second kappa shape index (κ2) is 20.2. The van der Waals surface area contributed by atoms with Gasteiger partial charge in [0.05, 0.1) is 13.2 Å². The highest BCUT2D eigenvalue weighted by atomic mass is 16.6. The molecule has 224 valence electrons. The highest BCUT2D eigenvalue weighted by molar-refractivity contribution is 6.05.